The van der Waals surface area contributed by atoms with Gasteiger partial charge in [0.1, 0.15) is 23.9 Å². The Kier molecular flexibility index (Phi) is 9.01. The summed E-state index contributed by atoms with van der Waals surface area (Å²) in [7, 11) is 3.28. The van der Waals surface area contributed by atoms with Crippen molar-refractivity contribution < 1.29 is 23.7 Å². The second-order valence-electron chi connectivity index (χ2n) is 6.87. The molecule has 0 aromatic heterocycles. The molecular weight excluding hydrogens is 380 g/mol. The maximum Gasteiger partial charge on any atom is 0.330 e. The minimum atomic E-state index is -0.389. The Bertz CT molecular complexity index is 891. The molecule has 0 spiro atoms. The molecule has 0 amide bonds. The van der Waals surface area contributed by atoms with Crippen molar-refractivity contribution in [1.82, 2.24) is 0 Å². The van der Waals surface area contributed by atoms with Crippen LogP contribution in [0.4, 0.5) is 0 Å². The lowest BCUT2D eigenvalue weighted by Crippen LogP contribution is -2.03. The summed E-state index contributed by atoms with van der Waals surface area (Å²) in [4.78, 5) is 11.8. The first-order valence-corrected chi connectivity index (χ1v) is 9.92. The summed E-state index contributed by atoms with van der Waals surface area (Å²) < 4.78 is 22.0. The van der Waals surface area contributed by atoms with E-state index in [4.69, 9.17) is 18.9 Å². The third-order valence-electron chi connectivity index (χ3n) is 4.41. The molecule has 0 aliphatic heterocycles. The lowest BCUT2D eigenvalue weighted by atomic mass is 10.0. The predicted molar refractivity (Wildman–Crippen MR) is 119 cm³/mol. The van der Waals surface area contributed by atoms with E-state index in [1.807, 2.05) is 36.4 Å². The summed E-state index contributed by atoms with van der Waals surface area (Å²) in [6.07, 6.45) is 5.91. The third-order valence-corrected chi connectivity index (χ3v) is 4.41. The first-order chi connectivity index (χ1) is 14.5. The van der Waals surface area contributed by atoms with E-state index in [-0.39, 0.29) is 5.97 Å². The Labute approximate surface area is 178 Å². The molecule has 160 valence electrons. The van der Waals surface area contributed by atoms with Crippen molar-refractivity contribution in [3.8, 4) is 17.2 Å². The molecule has 0 atom stereocenters. The quantitative estimate of drug-likeness (QED) is 0.299. The van der Waals surface area contributed by atoms with Crippen LogP contribution in [-0.4, -0.2) is 26.8 Å². The summed E-state index contributed by atoms with van der Waals surface area (Å²) in [6, 6.07) is 11.5. The minimum absolute atomic E-state index is 0.332. The van der Waals surface area contributed by atoms with Gasteiger partial charge in [0, 0.05) is 17.2 Å². The molecule has 0 aliphatic rings. The van der Waals surface area contributed by atoms with Crippen LogP contribution in [0.5, 0.6) is 17.2 Å². The molecule has 0 heterocycles. The lowest BCUT2D eigenvalue weighted by Gasteiger charge is -2.17. The van der Waals surface area contributed by atoms with Crippen LogP contribution >= 0.6 is 0 Å². The van der Waals surface area contributed by atoms with E-state index in [1.165, 1.54) is 11.6 Å². The average Bonchev–Trinajstić information content (AvgIpc) is 2.75. The van der Waals surface area contributed by atoms with E-state index in [0.29, 0.717) is 25.4 Å². The van der Waals surface area contributed by atoms with Gasteiger partial charge in [-0.05, 0) is 63.1 Å². The minimum Gasteiger partial charge on any atom is -0.497 e. The molecule has 0 saturated carbocycles. The first-order valence-electron chi connectivity index (χ1n) is 9.92. The second-order valence-corrected chi connectivity index (χ2v) is 6.87. The van der Waals surface area contributed by atoms with Crippen molar-refractivity contribution >= 4 is 12.0 Å². The Hall–Kier alpha value is -3.21. The van der Waals surface area contributed by atoms with Crippen LogP contribution in [0.2, 0.25) is 0 Å². The van der Waals surface area contributed by atoms with Gasteiger partial charge in [0.25, 0.3) is 0 Å². The normalized spacial score (nSPS) is 10.6. The fraction of sp³-hybridized carbons (Fsp3) is 0.320. The summed E-state index contributed by atoms with van der Waals surface area (Å²) in [6.45, 7) is 6.58. The van der Waals surface area contributed by atoms with Gasteiger partial charge in [0.2, 0.25) is 0 Å². The highest BCUT2D eigenvalue weighted by Gasteiger charge is 2.14. The summed E-state index contributed by atoms with van der Waals surface area (Å²) in [5.41, 5.74) is 3.92. The number of hydrogen-bond donors (Lipinski definition) is 0. The molecule has 0 unspecified atom stereocenters. The third kappa shape index (κ3) is 6.69. The molecule has 5 nitrogen and oxygen atoms in total. The van der Waals surface area contributed by atoms with Gasteiger partial charge in [-0.2, -0.15) is 0 Å². The van der Waals surface area contributed by atoms with Gasteiger partial charge < -0.3 is 18.9 Å². The maximum absolute atomic E-state index is 11.8. The van der Waals surface area contributed by atoms with E-state index >= 15 is 0 Å². The Morgan fingerprint density at radius 3 is 2.33 bits per heavy atom. The number of allylic oxidation sites excluding steroid dienone is 2. The van der Waals surface area contributed by atoms with Gasteiger partial charge in [-0.15, -0.1) is 0 Å². The second kappa shape index (κ2) is 11.7. The number of carbonyl (C=O) groups is 1. The topological polar surface area (TPSA) is 54.0 Å². The van der Waals surface area contributed by atoms with Gasteiger partial charge >= 0.3 is 5.97 Å². The van der Waals surface area contributed by atoms with Gasteiger partial charge in [0.15, 0.2) is 0 Å². The van der Waals surface area contributed by atoms with Gasteiger partial charge in [0.05, 0.1) is 20.8 Å². The van der Waals surface area contributed by atoms with Gasteiger partial charge in [-0.25, -0.2) is 4.79 Å². The van der Waals surface area contributed by atoms with E-state index in [2.05, 4.69) is 19.9 Å². The number of hydrogen-bond acceptors (Lipinski definition) is 5. The van der Waals surface area contributed by atoms with E-state index < -0.39 is 0 Å². The average molecular weight is 411 g/mol. The molecule has 2 rings (SSSR count). The van der Waals surface area contributed by atoms with E-state index in [9.17, 15) is 4.79 Å². The highest BCUT2D eigenvalue weighted by Crippen LogP contribution is 2.35. The number of benzene rings is 2. The zero-order chi connectivity index (χ0) is 21.9. The molecule has 0 bridgehead atoms. The SMILES string of the molecule is CCOC(=O)C=Cc1ccc(OC)c(CC=C(C)C)c1OCc1ccc(OC)cc1. The lowest BCUT2D eigenvalue weighted by molar-refractivity contribution is -0.137. The molecule has 0 saturated heterocycles. The van der Waals surface area contributed by atoms with Crippen LogP contribution in [0, 0.1) is 0 Å². The summed E-state index contributed by atoms with van der Waals surface area (Å²) in [5.74, 6) is 1.83. The van der Waals surface area contributed by atoms with Crippen LogP contribution in [0.3, 0.4) is 0 Å². The summed E-state index contributed by atoms with van der Waals surface area (Å²) in [5, 5.41) is 0. The molecule has 2 aromatic carbocycles. The van der Waals surface area contributed by atoms with Crippen LogP contribution < -0.4 is 14.2 Å². The number of ether oxygens (including phenoxy) is 4. The fourth-order valence-corrected chi connectivity index (χ4v) is 2.85. The van der Waals surface area contributed by atoms with Crippen LogP contribution in [0.1, 0.15) is 37.5 Å². The van der Waals surface area contributed by atoms with E-state index in [1.54, 1.807) is 27.2 Å². The largest absolute Gasteiger partial charge is 0.497 e. The van der Waals surface area contributed by atoms with Crippen LogP contribution in [0.15, 0.2) is 54.1 Å². The number of methoxy groups -OCH3 is 2. The van der Waals surface area contributed by atoms with Crippen molar-refractivity contribution in [2.24, 2.45) is 0 Å². The fourth-order valence-electron chi connectivity index (χ4n) is 2.85. The zero-order valence-electron chi connectivity index (χ0n) is 18.4. The standard InChI is InChI=1S/C25H30O5/c1-6-29-24(26)16-11-20-10-15-23(28-5)22(14-7-18(2)3)25(20)30-17-19-8-12-21(27-4)13-9-19/h7-13,15-16H,6,14,17H2,1-5H3. The molecule has 0 fully saturated rings. The molecular formula is C25H30O5. The number of rotatable bonds is 10. The monoisotopic (exact) mass is 410 g/mol. The Morgan fingerprint density at radius 2 is 1.73 bits per heavy atom. The first kappa shape index (κ1) is 23.1. The number of carbonyl (C=O) groups excluding carboxylic acids is 1. The highest BCUT2D eigenvalue weighted by atomic mass is 16.5. The van der Waals surface area contributed by atoms with Crippen LogP contribution in [-0.2, 0) is 22.6 Å². The number of esters is 1. The highest BCUT2D eigenvalue weighted by molar-refractivity contribution is 5.87. The molecule has 5 heteroatoms. The van der Waals surface area contributed by atoms with Gasteiger partial charge in [-0.3, -0.25) is 0 Å². The van der Waals surface area contributed by atoms with Crippen molar-refractivity contribution in [2.45, 2.75) is 33.8 Å². The molecule has 0 radical (unpaired) electrons. The molecule has 0 N–H and O–H groups in total. The van der Waals surface area contributed by atoms with Crippen molar-refractivity contribution in [1.29, 1.82) is 0 Å². The Balaban J connectivity index is 2.40. The summed E-state index contributed by atoms with van der Waals surface area (Å²) >= 11 is 0. The van der Waals surface area contributed by atoms with Crippen molar-refractivity contribution in [2.75, 3.05) is 20.8 Å². The van der Waals surface area contributed by atoms with Crippen molar-refractivity contribution in [3.63, 3.8) is 0 Å². The zero-order valence-corrected chi connectivity index (χ0v) is 18.4. The molecule has 2 aromatic rings. The molecule has 30 heavy (non-hydrogen) atoms. The maximum atomic E-state index is 11.8. The van der Waals surface area contributed by atoms with E-state index in [0.717, 1.165) is 28.2 Å². The molecule has 0 aliphatic carbocycles. The smallest absolute Gasteiger partial charge is 0.330 e. The van der Waals surface area contributed by atoms with Crippen molar-refractivity contribution in [3.05, 3.63) is 70.8 Å². The van der Waals surface area contributed by atoms with Crippen LogP contribution in [0.25, 0.3) is 6.08 Å². The van der Waals surface area contributed by atoms with Gasteiger partial charge in [-0.1, -0.05) is 23.8 Å². The predicted octanol–water partition coefficient (Wildman–Crippen LogP) is 5.37. The Morgan fingerprint density at radius 1 is 1.00 bits per heavy atom.